The molecule has 1 atom stereocenters. The molecule has 0 radical (unpaired) electrons. The van der Waals surface area contributed by atoms with Crippen LogP contribution in [0.2, 0.25) is 0 Å². The lowest BCUT2D eigenvalue weighted by atomic mass is 10.1. The third kappa shape index (κ3) is 4.01. The number of hydrogen-bond donors (Lipinski definition) is 3. The van der Waals surface area contributed by atoms with Crippen molar-refractivity contribution in [1.82, 2.24) is 9.71 Å². The Morgan fingerprint density at radius 1 is 1.38 bits per heavy atom. The number of aromatic nitrogens is 1. The van der Waals surface area contributed by atoms with Crippen LogP contribution in [0.25, 0.3) is 0 Å². The van der Waals surface area contributed by atoms with Gasteiger partial charge < -0.3 is 5.43 Å². The fraction of sp³-hybridized carbons (Fsp3) is 0.308. The molecule has 2 aromatic rings. The minimum atomic E-state index is -3.61. The minimum absolute atomic E-state index is 0.124. The lowest BCUT2D eigenvalue weighted by Gasteiger charge is -2.16. The summed E-state index contributed by atoms with van der Waals surface area (Å²) in [5.74, 6) is 5.63. The predicted molar refractivity (Wildman–Crippen MR) is 84.3 cm³/mol. The number of rotatable bonds is 7. The van der Waals surface area contributed by atoms with Crippen molar-refractivity contribution in [2.75, 3.05) is 5.43 Å². The lowest BCUT2D eigenvalue weighted by Crippen LogP contribution is -2.28. The molecule has 0 aliphatic rings. The zero-order chi connectivity index (χ0) is 15.3. The molecule has 0 aromatic carbocycles. The van der Waals surface area contributed by atoms with Gasteiger partial charge in [0.25, 0.3) is 0 Å². The third-order valence-electron chi connectivity index (χ3n) is 2.96. The molecule has 0 saturated carbocycles. The average molecular weight is 326 g/mol. The molecule has 21 heavy (non-hydrogen) atoms. The molecule has 0 aliphatic heterocycles. The number of thiophene rings is 1. The topological polar surface area (TPSA) is 97.1 Å². The second-order valence-corrected chi connectivity index (χ2v) is 7.19. The van der Waals surface area contributed by atoms with Crippen LogP contribution in [-0.2, 0) is 10.0 Å². The summed E-state index contributed by atoms with van der Waals surface area (Å²) in [6.45, 7) is 2.03. The first-order valence-corrected chi connectivity index (χ1v) is 8.91. The molecule has 2 aromatic heterocycles. The summed E-state index contributed by atoms with van der Waals surface area (Å²) in [6.07, 6.45) is 2.92. The summed E-state index contributed by atoms with van der Waals surface area (Å²) < 4.78 is 27.6. The van der Waals surface area contributed by atoms with Crippen LogP contribution in [0.3, 0.4) is 0 Å². The summed E-state index contributed by atoms with van der Waals surface area (Å²) in [5.41, 5.74) is 2.36. The molecule has 0 bridgehead atoms. The fourth-order valence-electron chi connectivity index (χ4n) is 1.92. The number of nitrogen functional groups attached to an aromatic ring is 1. The maximum atomic E-state index is 12.4. The van der Waals surface area contributed by atoms with Gasteiger partial charge in [-0.1, -0.05) is 19.4 Å². The van der Waals surface area contributed by atoms with Gasteiger partial charge in [-0.2, -0.15) is 0 Å². The molecule has 8 heteroatoms. The fourth-order valence-corrected chi connectivity index (χ4v) is 4.00. The van der Waals surface area contributed by atoms with E-state index in [1.807, 2.05) is 24.4 Å². The van der Waals surface area contributed by atoms with Crippen molar-refractivity contribution in [2.24, 2.45) is 5.84 Å². The van der Waals surface area contributed by atoms with E-state index in [1.165, 1.54) is 18.3 Å². The first-order chi connectivity index (χ1) is 10.1. The Morgan fingerprint density at radius 3 is 2.71 bits per heavy atom. The number of nitrogens with one attached hydrogen (secondary N) is 2. The van der Waals surface area contributed by atoms with Crippen LogP contribution < -0.4 is 16.0 Å². The number of sulfonamides is 1. The molecule has 2 rings (SSSR count). The van der Waals surface area contributed by atoms with Crippen LogP contribution in [0.15, 0.2) is 40.7 Å². The third-order valence-corrected chi connectivity index (χ3v) is 5.40. The smallest absolute Gasteiger partial charge is 0.242 e. The lowest BCUT2D eigenvalue weighted by molar-refractivity contribution is 0.540. The van der Waals surface area contributed by atoms with E-state index >= 15 is 0 Å². The number of hydrazine groups is 1. The zero-order valence-electron chi connectivity index (χ0n) is 11.6. The summed E-state index contributed by atoms with van der Waals surface area (Å²) in [6, 6.07) is 6.64. The van der Waals surface area contributed by atoms with Crippen LogP contribution in [0.1, 0.15) is 30.7 Å². The Bertz CT molecular complexity index is 654. The summed E-state index contributed by atoms with van der Waals surface area (Å²) in [7, 11) is -3.61. The van der Waals surface area contributed by atoms with Gasteiger partial charge in [-0.15, -0.1) is 11.3 Å². The Kier molecular flexibility index (Phi) is 5.29. The normalized spacial score (nSPS) is 13.0. The van der Waals surface area contributed by atoms with Crippen molar-refractivity contribution < 1.29 is 8.42 Å². The van der Waals surface area contributed by atoms with E-state index in [1.54, 1.807) is 11.3 Å². The highest BCUT2D eigenvalue weighted by Crippen LogP contribution is 2.25. The highest BCUT2D eigenvalue weighted by Gasteiger charge is 2.21. The molecule has 2 heterocycles. The van der Waals surface area contributed by atoms with Crippen molar-refractivity contribution in [3.63, 3.8) is 0 Å². The summed E-state index contributed by atoms with van der Waals surface area (Å²) in [4.78, 5) is 5.06. The Labute approximate surface area is 128 Å². The molecule has 6 nitrogen and oxygen atoms in total. The van der Waals surface area contributed by atoms with Crippen molar-refractivity contribution in [3.8, 4) is 0 Å². The second kappa shape index (κ2) is 6.99. The molecule has 0 saturated heterocycles. The van der Waals surface area contributed by atoms with Crippen molar-refractivity contribution in [1.29, 1.82) is 0 Å². The van der Waals surface area contributed by atoms with E-state index in [-0.39, 0.29) is 10.9 Å². The van der Waals surface area contributed by atoms with Gasteiger partial charge in [-0.3, -0.25) is 0 Å². The van der Waals surface area contributed by atoms with Crippen LogP contribution in [0.4, 0.5) is 5.82 Å². The first-order valence-electron chi connectivity index (χ1n) is 6.55. The van der Waals surface area contributed by atoms with E-state index < -0.39 is 10.0 Å². The quantitative estimate of drug-likeness (QED) is 0.535. The molecular weight excluding hydrogens is 308 g/mol. The predicted octanol–water partition coefficient (Wildman–Crippen LogP) is 2.25. The Morgan fingerprint density at radius 2 is 2.19 bits per heavy atom. The van der Waals surface area contributed by atoms with E-state index in [4.69, 9.17) is 5.84 Å². The van der Waals surface area contributed by atoms with Crippen LogP contribution in [-0.4, -0.2) is 13.4 Å². The standard InChI is InChI=1S/C13H18N4O2S2/c1-2-4-11(12-5-3-8-20-12)17-21(18,19)10-6-7-13(16-14)15-9-10/h3,5-9,11,17H,2,4,14H2,1H3,(H,15,16). The number of anilines is 1. The molecular formula is C13H18N4O2S2. The SMILES string of the molecule is CCCC(NS(=O)(=O)c1ccc(NN)nc1)c1cccs1. The molecule has 1 unspecified atom stereocenters. The van der Waals surface area contributed by atoms with Gasteiger partial charge in [-0.05, 0) is 30.0 Å². The van der Waals surface area contributed by atoms with Gasteiger partial charge >= 0.3 is 0 Å². The first kappa shape index (κ1) is 15.9. The van der Waals surface area contributed by atoms with Crippen molar-refractivity contribution in [3.05, 3.63) is 40.7 Å². The van der Waals surface area contributed by atoms with Crippen LogP contribution in [0, 0.1) is 0 Å². The molecule has 114 valence electrons. The highest BCUT2D eigenvalue weighted by molar-refractivity contribution is 7.89. The van der Waals surface area contributed by atoms with Gasteiger partial charge in [-0.25, -0.2) is 24.0 Å². The van der Waals surface area contributed by atoms with Gasteiger partial charge in [0.1, 0.15) is 10.7 Å². The molecule has 0 fully saturated rings. The number of pyridine rings is 1. The van der Waals surface area contributed by atoms with E-state index in [0.29, 0.717) is 5.82 Å². The number of nitrogens with two attached hydrogens (primary N) is 1. The highest BCUT2D eigenvalue weighted by atomic mass is 32.2. The maximum Gasteiger partial charge on any atom is 0.242 e. The number of nitrogens with zero attached hydrogens (tertiary/aromatic N) is 1. The van der Waals surface area contributed by atoms with Crippen molar-refractivity contribution in [2.45, 2.75) is 30.7 Å². The minimum Gasteiger partial charge on any atom is -0.308 e. The Balaban J connectivity index is 2.21. The Hall–Kier alpha value is -1.48. The monoisotopic (exact) mass is 326 g/mol. The van der Waals surface area contributed by atoms with E-state index in [2.05, 4.69) is 15.1 Å². The average Bonchev–Trinajstić information content (AvgIpc) is 3.01. The van der Waals surface area contributed by atoms with Gasteiger partial charge in [0.15, 0.2) is 0 Å². The second-order valence-electron chi connectivity index (χ2n) is 4.50. The molecule has 4 N–H and O–H groups in total. The van der Waals surface area contributed by atoms with Crippen LogP contribution >= 0.6 is 11.3 Å². The van der Waals surface area contributed by atoms with Gasteiger partial charge in [0.2, 0.25) is 10.0 Å². The van der Waals surface area contributed by atoms with Gasteiger partial charge in [0.05, 0.1) is 6.04 Å². The largest absolute Gasteiger partial charge is 0.308 e. The van der Waals surface area contributed by atoms with Crippen molar-refractivity contribution >= 4 is 27.2 Å². The van der Waals surface area contributed by atoms with E-state index in [0.717, 1.165) is 17.7 Å². The zero-order valence-corrected chi connectivity index (χ0v) is 13.2. The van der Waals surface area contributed by atoms with Crippen LogP contribution in [0.5, 0.6) is 0 Å². The van der Waals surface area contributed by atoms with Gasteiger partial charge in [0, 0.05) is 11.1 Å². The van der Waals surface area contributed by atoms with E-state index in [9.17, 15) is 8.42 Å². The molecule has 0 amide bonds. The molecule has 0 spiro atoms. The summed E-state index contributed by atoms with van der Waals surface area (Å²) in [5, 5.41) is 1.94. The molecule has 0 aliphatic carbocycles. The number of hydrogen-bond acceptors (Lipinski definition) is 6. The maximum absolute atomic E-state index is 12.4. The summed E-state index contributed by atoms with van der Waals surface area (Å²) >= 11 is 1.54.